The van der Waals surface area contributed by atoms with Gasteiger partial charge in [0.05, 0.1) is 18.1 Å². The molecule has 0 unspecified atom stereocenters. The summed E-state index contributed by atoms with van der Waals surface area (Å²) in [4.78, 5) is 26.4. The number of aliphatic carboxylic acids is 1. The zero-order valence-corrected chi connectivity index (χ0v) is 22.3. The molecule has 1 aromatic carbocycles. The highest BCUT2D eigenvalue weighted by molar-refractivity contribution is 8.26. The Bertz CT molecular complexity index is 886. The first-order valence-corrected chi connectivity index (χ1v) is 13.4. The molecule has 0 bridgehead atoms. The predicted octanol–water partition coefficient (Wildman–Crippen LogP) is 6.67. The Morgan fingerprint density at radius 3 is 2.47 bits per heavy atom. The monoisotopic (exact) mass is 507 g/mol. The molecular weight excluding hydrogens is 470 g/mol. The van der Waals surface area contributed by atoms with Crippen molar-refractivity contribution in [2.45, 2.75) is 90.7 Å². The molecule has 1 fully saturated rings. The first kappa shape index (κ1) is 28.2. The minimum absolute atomic E-state index is 0.0775. The van der Waals surface area contributed by atoms with E-state index in [4.69, 9.17) is 21.7 Å². The number of hydrogen-bond donors (Lipinski definition) is 1. The Hall–Kier alpha value is -2.06. The Labute approximate surface area is 213 Å². The molecule has 0 radical (unpaired) electrons. The van der Waals surface area contributed by atoms with E-state index in [0.717, 1.165) is 36.6 Å². The zero-order valence-electron chi connectivity index (χ0n) is 20.7. The molecule has 1 amide bonds. The van der Waals surface area contributed by atoms with E-state index in [1.807, 2.05) is 25.1 Å². The summed E-state index contributed by atoms with van der Waals surface area (Å²) in [5.41, 5.74) is 0.761. The minimum atomic E-state index is -1.03. The number of nitrogens with zero attached hydrogens (tertiary/aromatic N) is 1. The second-order valence-electron chi connectivity index (χ2n) is 8.59. The normalized spacial score (nSPS) is 16.7. The molecule has 8 heteroatoms. The quantitative estimate of drug-likeness (QED) is 0.161. The van der Waals surface area contributed by atoms with Crippen molar-refractivity contribution >= 4 is 46.3 Å². The summed E-state index contributed by atoms with van der Waals surface area (Å²) in [5, 5.41) is 9.62. The van der Waals surface area contributed by atoms with Crippen LogP contribution < -0.4 is 9.47 Å². The number of benzene rings is 1. The van der Waals surface area contributed by atoms with Crippen molar-refractivity contribution in [3.05, 3.63) is 28.7 Å². The lowest BCUT2D eigenvalue weighted by atomic mass is 10.1. The van der Waals surface area contributed by atoms with Gasteiger partial charge in [0, 0.05) is 0 Å². The van der Waals surface area contributed by atoms with E-state index in [1.54, 1.807) is 13.2 Å². The summed E-state index contributed by atoms with van der Waals surface area (Å²) in [6.45, 7) is 6.26. The molecule has 0 saturated carbocycles. The molecule has 1 saturated heterocycles. The number of thioether (sulfide) groups is 1. The van der Waals surface area contributed by atoms with Gasteiger partial charge in [-0.3, -0.25) is 9.69 Å². The van der Waals surface area contributed by atoms with Gasteiger partial charge in [-0.2, -0.15) is 0 Å². The Morgan fingerprint density at radius 2 is 1.82 bits per heavy atom. The second kappa shape index (κ2) is 14.4. The van der Waals surface area contributed by atoms with Crippen molar-refractivity contribution < 1.29 is 24.2 Å². The number of carboxylic acids is 1. The van der Waals surface area contributed by atoms with Crippen LogP contribution in [0.2, 0.25) is 0 Å². The SMILES string of the molecule is CCCCCCC[C@H](C)Oc1ccc(/C=C2/SC(=S)N([C@@H](CCCC)C(=O)O)C2=O)cc1OC. The lowest BCUT2D eigenvalue weighted by Crippen LogP contribution is -2.43. The Morgan fingerprint density at radius 1 is 1.12 bits per heavy atom. The van der Waals surface area contributed by atoms with E-state index >= 15 is 0 Å². The van der Waals surface area contributed by atoms with Crippen LogP contribution in [0.4, 0.5) is 0 Å². The van der Waals surface area contributed by atoms with Crippen LogP contribution in [-0.4, -0.2) is 45.5 Å². The zero-order chi connectivity index (χ0) is 25.1. The smallest absolute Gasteiger partial charge is 0.326 e. The van der Waals surface area contributed by atoms with Gasteiger partial charge in [0.25, 0.3) is 5.91 Å². The van der Waals surface area contributed by atoms with Crippen LogP contribution in [0.3, 0.4) is 0 Å². The number of methoxy groups -OCH3 is 1. The van der Waals surface area contributed by atoms with Crippen molar-refractivity contribution in [2.24, 2.45) is 0 Å². The van der Waals surface area contributed by atoms with Crippen LogP contribution in [0.1, 0.15) is 84.1 Å². The molecule has 1 N–H and O–H groups in total. The number of hydrogen-bond acceptors (Lipinski definition) is 6. The lowest BCUT2D eigenvalue weighted by molar-refractivity contribution is -0.145. The molecule has 2 atom stereocenters. The van der Waals surface area contributed by atoms with Gasteiger partial charge < -0.3 is 14.6 Å². The fraction of sp³-hybridized carbons (Fsp3) is 0.577. The maximum Gasteiger partial charge on any atom is 0.326 e. The van der Waals surface area contributed by atoms with Gasteiger partial charge in [0.1, 0.15) is 10.4 Å². The molecular formula is C26H37NO5S2. The van der Waals surface area contributed by atoms with Crippen LogP contribution in [0.25, 0.3) is 6.08 Å². The Balaban J connectivity index is 2.10. The first-order chi connectivity index (χ1) is 16.3. The summed E-state index contributed by atoms with van der Waals surface area (Å²) < 4.78 is 11.9. The third-order valence-corrected chi connectivity index (χ3v) is 7.11. The first-order valence-electron chi connectivity index (χ1n) is 12.2. The van der Waals surface area contributed by atoms with E-state index in [1.165, 1.54) is 30.6 Å². The summed E-state index contributed by atoms with van der Waals surface area (Å²) in [5.74, 6) is -0.143. The van der Waals surface area contributed by atoms with Crippen molar-refractivity contribution in [1.29, 1.82) is 0 Å². The van der Waals surface area contributed by atoms with Crippen molar-refractivity contribution in [1.82, 2.24) is 4.90 Å². The van der Waals surface area contributed by atoms with Crippen molar-refractivity contribution in [3.63, 3.8) is 0 Å². The van der Waals surface area contributed by atoms with Gasteiger partial charge in [-0.05, 0) is 50.0 Å². The largest absolute Gasteiger partial charge is 0.493 e. The number of rotatable bonds is 15. The van der Waals surface area contributed by atoms with Crippen LogP contribution in [0, 0.1) is 0 Å². The Kier molecular flexibility index (Phi) is 11.9. The van der Waals surface area contributed by atoms with Crippen molar-refractivity contribution in [3.8, 4) is 11.5 Å². The topological polar surface area (TPSA) is 76.1 Å². The van der Waals surface area contributed by atoms with Gasteiger partial charge >= 0.3 is 5.97 Å². The molecule has 0 aromatic heterocycles. The number of carboxylic acid groups (broad SMARTS) is 1. The van der Waals surface area contributed by atoms with Crippen LogP contribution >= 0.6 is 24.0 Å². The fourth-order valence-corrected chi connectivity index (χ4v) is 5.20. The van der Waals surface area contributed by atoms with Crippen LogP contribution in [0.5, 0.6) is 11.5 Å². The predicted molar refractivity (Wildman–Crippen MR) is 142 cm³/mol. The standard InChI is InChI=1S/C26H37NO5S2/c1-5-7-9-10-11-12-18(3)32-21-15-14-19(16-22(21)31-4)17-23-24(28)27(26(33)34-23)20(25(29)30)13-8-6-2/h14-18,20H,5-13H2,1-4H3,(H,29,30)/b23-17+/t18-,20-/m0/s1. The number of thiocarbonyl (C=S) groups is 1. The number of unbranched alkanes of at least 4 members (excludes halogenated alkanes) is 5. The van der Waals surface area contributed by atoms with E-state index < -0.39 is 12.0 Å². The molecule has 1 aliphatic rings. The molecule has 188 valence electrons. The maximum absolute atomic E-state index is 13.0. The summed E-state index contributed by atoms with van der Waals surface area (Å²) >= 11 is 6.48. The average molecular weight is 508 g/mol. The highest BCUT2D eigenvalue weighted by Gasteiger charge is 2.40. The van der Waals surface area contributed by atoms with Gasteiger partial charge in [0.15, 0.2) is 11.5 Å². The molecule has 1 aromatic rings. The van der Waals surface area contributed by atoms with E-state index in [0.29, 0.717) is 29.2 Å². The van der Waals surface area contributed by atoms with E-state index in [9.17, 15) is 14.7 Å². The molecule has 34 heavy (non-hydrogen) atoms. The van der Waals surface area contributed by atoms with Crippen LogP contribution in [-0.2, 0) is 9.59 Å². The van der Waals surface area contributed by atoms with Crippen LogP contribution in [0.15, 0.2) is 23.1 Å². The number of carbonyl (C=O) groups excluding carboxylic acids is 1. The maximum atomic E-state index is 13.0. The molecule has 0 spiro atoms. The van der Waals surface area contributed by atoms with Gasteiger partial charge in [-0.25, -0.2) is 4.79 Å². The third-order valence-electron chi connectivity index (χ3n) is 5.78. The number of amides is 1. The summed E-state index contributed by atoms with van der Waals surface area (Å²) in [6.07, 6.45) is 10.9. The van der Waals surface area contributed by atoms with E-state index in [2.05, 4.69) is 13.8 Å². The number of carbonyl (C=O) groups is 2. The molecule has 0 aliphatic carbocycles. The number of ether oxygens (including phenoxy) is 2. The van der Waals surface area contributed by atoms with Crippen molar-refractivity contribution in [2.75, 3.05) is 7.11 Å². The second-order valence-corrected chi connectivity index (χ2v) is 10.3. The summed E-state index contributed by atoms with van der Waals surface area (Å²) in [7, 11) is 1.59. The molecule has 1 heterocycles. The third kappa shape index (κ3) is 8.01. The van der Waals surface area contributed by atoms with E-state index in [-0.39, 0.29) is 16.3 Å². The lowest BCUT2D eigenvalue weighted by Gasteiger charge is -2.22. The average Bonchev–Trinajstić information content (AvgIpc) is 3.07. The molecule has 2 rings (SSSR count). The highest BCUT2D eigenvalue weighted by atomic mass is 32.2. The highest BCUT2D eigenvalue weighted by Crippen LogP contribution is 2.37. The van der Waals surface area contributed by atoms with Gasteiger partial charge in [-0.15, -0.1) is 0 Å². The molecule has 6 nitrogen and oxygen atoms in total. The minimum Gasteiger partial charge on any atom is -0.493 e. The van der Waals surface area contributed by atoms with Gasteiger partial charge in [-0.1, -0.05) is 82.4 Å². The fourth-order valence-electron chi connectivity index (χ4n) is 3.84. The summed E-state index contributed by atoms with van der Waals surface area (Å²) in [6, 6.07) is 4.60. The molecule has 1 aliphatic heterocycles. The van der Waals surface area contributed by atoms with Gasteiger partial charge in [0.2, 0.25) is 0 Å².